The second kappa shape index (κ2) is 17.3. The summed E-state index contributed by atoms with van der Waals surface area (Å²) >= 11 is 0. The minimum Gasteiger partial charge on any atom is -0.372 e. The lowest BCUT2D eigenvalue weighted by molar-refractivity contribution is -0.120. The Hall–Kier alpha value is -6.61. The highest BCUT2D eigenvalue weighted by molar-refractivity contribution is 6.05. The molecule has 0 bridgehead atoms. The predicted molar refractivity (Wildman–Crippen MR) is 244 cm³/mol. The number of aromatic nitrogens is 5. The van der Waals surface area contributed by atoms with Crippen LogP contribution in [-0.4, -0.2) is 100 Å². The molecule has 3 aliphatic rings. The zero-order valence-electron chi connectivity index (χ0n) is 36.6. The molecule has 3 aliphatic heterocycles. The molecule has 1 atom stereocenters. The van der Waals surface area contributed by atoms with Crippen LogP contribution in [0.3, 0.4) is 0 Å². The number of carbonyl (C=O) groups excluding carboxylic acids is 3. The molecule has 3 aromatic carbocycles. The summed E-state index contributed by atoms with van der Waals surface area (Å²) in [5, 5.41) is 18.0. The highest BCUT2D eigenvalue weighted by Crippen LogP contribution is 2.33. The fourth-order valence-electron chi connectivity index (χ4n) is 9.02. The van der Waals surface area contributed by atoms with Crippen molar-refractivity contribution in [3.05, 3.63) is 102 Å². The van der Waals surface area contributed by atoms with Crippen molar-refractivity contribution in [2.75, 3.05) is 67.1 Å². The van der Waals surface area contributed by atoms with Gasteiger partial charge in [-0.2, -0.15) is 10.1 Å². The van der Waals surface area contributed by atoms with E-state index < -0.39 is 0 Å². The molecule has 15 nitrogen and oxygen atoms in total. The van der Waals surface area contributed by atoms with E-state index in [2.05, 4.69) is 94.2 Å². The molecule has 1 unspecified atom stereocenters. The van der Waals surface area contributed by atoms with Crippen molar-refractivity contribution >= 4 is 45.9 Å². The molecule has 326 valence electrons. The van der Waals surface area contributed by atoms with Crippen LogP contribution >= 0.6 is 0 Å². The third kappa shape index (κ3) is 9.01. The number of H-pyrrole nitrogens is 1. The predicted octanol–water partition coefficient (Wildman–Crippen LogP) is 7.26. The van der Waals surface area contributed by atoms with Gasteiger partial charge in [-0.05, 0) is 97.8 Å². The van der Waals surface area contributed by atoms with Gasteiger partial charge in [-0.15, -0.1) is 0 Å². The fourth-order valence-corrected chi connectivity index (χ4v) is 9.02. The van der Waals surface area contributed by atoms with Crippen LogP contribution in [0.5, 0.6) is 0 Å². The first-order chi connectivity index (χ1) is 30.4. The van der Waals surface area contributed by atoms with Crippen LogP contribution in [-0.2, 0) is 10.2 Å². The number of piperidine rings is 1. The van der Waals surface area contributed by atoms with Crippen molar-refractivity contribution in [3.63, 3.8) is 0 Å². The van der Waals surface area contributed by atoms with Gasteiger partial charge >= 0.3 is 6.03 Å². The van der Waals surface area contributed by atoms with E-state index in [0.29, 0.717) is 30.4 Å². The van der Waals surface area contributed by atoms with Crippen molar-refractivity contribution < 1.29 is 18.9 Å². The van der Waals surface area contributed by atoms with Crippen LogP contribution in [0.2, 0.25) is 0 Å². The van der Waals surface area contributed by atoms with Crippen molar-refractivity contribution in [2.45, 2.75) is 65.3 Å². The van der Waals surface area contributed by atoms with Gasteiger partial charge in [-0.25, -0.2) is 9.78 Å². The summed E-state index contributed by atoms with van der Waals surface area (Å²) in [6.45, 7) is 17.5. The molecule has 6 aromatic rings. The normalized spacial score (nSPS) is 17.3. The topological polar surface area (TPSA) is 169 Å². The molecule has 0 spiro atoms. The number of carbonyl (C=O) groups is 3. The van der Waals surface area contributed by atoms with Crippen LogP contribution < -0.4 is 25.3 Å². The number of aryl methyl sites for hydroxylation is 1. The van der Waals surface area contributed by atoms with E-state index in [4.69, 9.17) is 9.51 Å². The Kier molecular flexibility index (Phi) is 11.4. The molecule has 3 fully saturated rings. The zero-order valence-corrected chi connectivity index (χ0v) is 36.6. The summed E-state index contributed by atoms with van der Waals surface area (Å²) in [6, 6.07) is 24.6. The number of hydrogen-bond acceptors (Lipinski definition) is 11. The van der Waals surface area contributed by atoms with Gasteiger partial charge in [0.05, 0.1) is 11.7 Å². The molecule has 63 heavy (non-hydrogen) atoms. The number of pyridine rings is 1. The Labute approximate surface area is 367 Å². The quantitative estimate of drug-likeness (QED) is 0.127. The average Bonchev–Trinajstić information content (AvgIpc) is 3.96. The summed E-state index contributed by atoms with van der Waals surface area (Å²) < 4.78 is 5.32. The first-order valence-electron chi connectivity index (χ1n) is 22.0. The lowest BCUT2D eigenvalue weighted by Crippen LogP contribution is -2.49. The summed E-state index contributed by atoms with van der Waals surface area (Å²) in [4.78, 5) is 55.0. The first kappa shape index (κ1) is 41.7. The third-order valence-corrected chi connectivity index (χ3v) is 12.7. The van der Waals surface area contributed by atoms with Crippen molar-refractivity contribution in [2.24, 2.45) is 5.92 Å². The third-order valence-electron chi connectivity index (χ3n) is 12.7. The van der Waals surface area contributed by atoms with Gasteiger partial charge in [-0.3, -0.25) is 29.8 Å². The van der Waals surface area contributed by atoms with E-state index in [0.717, 1.165) is 103 Å². The Balaban J connectivity index is 0.788. The number of fused-ring (bicyclic) bond motifs is 1. The van der Waals surface area contributed by atoms with Crippen LogP contribution in [0.15, 0.2) is 83.5 Å². The Morgan fingerprint density at radius 2 is 1.60 bits per heavy atom. The lowest BCUT2D eigenvalue weighted by Gasteiger charge is -2.40. The number of benzene rings is 3. The van der Waals surface area contributed by atoms with Crippen LogP contribution in [0.4, 0.5) is 21.9 Å². The van der Waals surface area contributed by atoms with Crippen LogP contribution in [0, 0.1) is 12.8 Å². The zero-order chi connectivity index (χ0) is 43.8. The SMILES string of the molecule is Cc1cc(-c2[nH]nc3ncc(-c4cccc(N5CCN(CC6CCN(c7ccc(N8CCC(=O)NC8=O)cc7)CC6)CC5)c4)cc23)ccc1C(C)NC(=O)c1noc(C(C)(C)C)n1. The van der Waals surface area contributed by atoms with E-state index in [-0.39, 0.29) is 35.1 Å². The maximum Gasteiger partial charge on any atom is 0.328 e. The summed E-state index contributed by atoms with van der Waals surface area (Å²) in [6.07, 6.45) is 4.53. The van der Waals surface area contributed by atoms with E-state index in [1.165, 1.54) is 11.4 Å². The smallest absolute Gasteiger partial charge is 0.328 e. The number of nitrogens with zero attached hydrogens (tertiary/aromatic N) is 8. The van der Waals surface area contributed by atoms with Gasteiger partial charge in [-0.1, -0.05) is 50.2 Å². The number of hydrogen-bond donors (Lipinski definition) is 3. The number of nitrogens with one attached hydrogen (secondary N) is 3. The van der Waals surface area contributed by atoms with Crippen molar-refractivity contribution in [1.82, 2.24) is 40.9 Å². The minimum absolute atomic E-state index is 0.0241. The number of urea groups is 1. The molecule has 3 N–H and O–H groups in total. The Bertz CT molecular complexity index is 2630. The summed E-state index contributed by atoms with van der Waals surface area (Å²) in [5.74, 6) is 0.514. The molecule has 3 aromatic heterocycles. The van der Waals surface area contributed by atoms with Gasteiger partial charge in [0.2, 0.25) is 11.8 Å². The molecule has 9 rings (SSSR count). The summed E-state index contributed by atoms with van der Waals surface area (Å²) in [7, 11) is 0. The van der Waals surface area contributed by atoms with E-state index in [9.17, 15) is 14.4 Å². The molecular formula is C48H55N11O4. The number of imide groups is 1. The van der Waals surface area contributed by atoms with Crippen molar-refractivity contribution in [1.29, 1.82) is 0 Å². The monoisotopic (exact) mass is 849 g/mol. The molecule has 6 heterocycles. The highest BCUT2D eigenvalue weighted by Gasteiger charge is 2.28. The maximum absolute atomic E-state index is 13.0. The molecular weight excluding hydrogens is 795 g/mol. The van der Waals surface area contributed by atoms with E-state index in [1.54, 1.807) is 4.90 Å². The van der Waals surface area contributed by atoms with Gasteiger partial charge in [0.1, 0.15) is 0 Å². The second-order valence-electron chi connectivity index (χ2n) is 18.2. The number of piperazine rings is 1. The lowest BCUT2D eigenvalue weighted by atomic mass is 9.95. The molecule has 0 radical (unpaired) electrons. The Morgan fingerprint density at radius 3 is 2.32 bits per heavy atom. The molecule has 4 amide bonds. The number of anilines is 3. The number of rotatable bonds is 10. The van der Waals surface area contributed by atoms with E-state index >= 15 is 0 Å². The number of amides is 4. The van der Waals surface area contributed by atoms with Gasteiger partial charge in [0.25, 0.3) is 11.7 Å². The Morgan fingerprint density at radius 1 is 0.857 bits per heavy atom. The largest absolute Gasteiger partial charge is 0.372 e. The second-order valence-corrected chi connectivity index (χ2v) is 18.2. The standard InChI is InChI=1S/C48H55N11O4/c1-30-25-34(9-14-39(30)31(2)50-45(61)44-52-46(63-55-44)48(3,4)5)42-40-27-35(28-49-43(40)54-53-42)33-7-6-8-38(26-33)58-23-21-56(22-24-58)29-32-15-18-57(19-16-32)36-10-12-37(13-11-36)59-20-17-41(60)51-47(59)62/h6-14,25-28,31-32H,15-24,29H2,1-5H3,(H,50,61)(H,49,53,54)(H,51,60,62). The van der Waals surface area contributed by atoms with Gasteiger partial charge in [0.15, 0.2) is 5.65 Å². The molecule has 0 saturated carbocycles. The van der Waals surface area contributed by atoms with Crippen LogP contribution in [0.25, 0.3) is 33.4 Å². The molecule has 0 aliphatic carbocycles. The van der Waals surface area contributed by atoms with Crippen LogP contribution in [0.1, 0.15) is 80.6 Å². The first-order valence-corrected chi connectivity index (χ1v) is 22.0. The molecule has 3 saturated heterocycles. The fraction of sp³-hybridized carbons (Fsp3) is 0.396. The van der Waals surface area contributed by atoms with Crippen molar-refractivity contribution in [3.8, 4) is 22.4 Å². The highest BCUT2D eigenvalue weighted by atomic mass is 16.5. The number of aromatic amines is 1. The van der Waals surface area contributed by atoms with E-state index in [1.807, 2.05) is 65.1 Å². The minimum atomic E-state index is -0.381. The molecule has 15 heteroatoms. The maximum atomic E-state index is 13.0. The average molecular weight is 850 g/mol. The van der Waals surface area contributed by atoms with Gasteiger partial charge < -0.3 is 19.6 Å². The summed E-state index contributed by atoms with van der Waals surface area (Å²) in [5.41, 5.74) is 9.55. The van der Waals surface area contributed by atoms with Gasteiger partial charge in [0, 0.05) is 104 Å².